The summed E-state index contributed by atoms with van der Waals surface area (Å²) in [5.41, 5.74) is 0. The van der Waals surface area contributed by atoms with Gasteiger partial charge < -0.3 is 9.64 Å². The molecule has 1 aliphatic rings. The van der Waals surface area contributed by atoms with Gasteiger partial charge in [0, 0.05) is 31.7 Å². The fraction of sp³-hybridized carbons (Fsp3) is 0.500. The predicted octanol–water partition coefficient (Wildman–Crippen LogP) is 0.837. The minimum absolute atomic E-state index is 0. The van der Waals surface area contributed by atoms with E-state index in [1.54, 1.807) is 18.4 Å². The van der Waals surface area contributed by atoms with E-state index in [9.17, 15) is 0 Å². The van der Waals surface area contributed by atoms with Gasteiger partial charge in [0.05, 0.1) is 0 Å². The van der Waals surface area contributed by atoms with E-state index >= 15 is 0 Å². The van der Waals surface area contributed by atoms with Crippen LogP contribution in [0.1, 0.15) is 6.42 Å². The maximum atomic E-state index is 5.02. The number of methoxy groups -OCH3 is 1. The van der Waals surface area contributed by atoms with Gasteiger partial charge in [-0.2, -0.15) is 0 Å². The number of thiophene rings is 1. The van der Waals surface area contributed by atoms with Crippen LogP contribution in [-0.4, -0.2) is 31.8 Å². The summed E-state index contributed by atoms with van der Waals surface area (Å²) in [7, 11) is 1.74. The minimum Gasteiger partial charge on any atom is -0.385 e. The molecule has 3 nitrogen and oxygen atoms in total. The van der Waals surface area contributed by atoms with Gasteiger partial charge in [-0.05, 0) is 17.9 Å². The highest BCUT2D eigenvalue weighted by Gasteiger charge is 2.03. The lowest BCUT2D eigenvalue weighted by molar-refractivity contribution is 0.185. The number of hydrogen-bond donors (Lipinski definition) is 0. The van der Waals surface area contributed by atoms with Crippen molar-refractivity contribution >= 4 is 29.9 Å². The lowest BCUT2D eigenvalue weighted by Crippen LogP contribution is -2.33. The molecule has 1 aliphatic heterocycles. The third-order valence-electron chi connectivity index (χ3n) is 2.19. The Morgan fingerprint density at radius 3 is 3.27 bits per heavy atom. The molecule has 0 bridgehead atoms. The number of rotatable bonds is 4. The Hall–Kier alpha value is -0.580. The van der Waals surface area contributed by atoms with Crippen LogP contribution in [0.25, 0.3) is 6.20 Å². The topological polar surface area (TPSA) is 24.8 Å². The Bertz CT molecular complexity index is 404. The van der Waals surface area contributed by atoms with Gasteiger partial charge >= 0.3 is 0 Å². The SMILES string of the molecule is COCCCN1C=c2ccsc2=NC1.Cl. The molecule has 0 radical (unpaired) electrons. The van der Waals surface area contributed by atoms with Crippen molar-refractivity contribution in [3.8, 4) is 0 Å². The summed E-state index contributed by atoms with van der Waals surface area (Å²) in [6, 6.07) is 2.12. The Kier molecular flexibility index (Phi) is 5.08. The minimum atomic E-state index is 0. The van der Waals surface area contributed by atoms with Crippen LogP contribution in [0.2, 0.25) is 0 Å². The predicted molar refractivity (Wildman–Crippen MR) is 64.9 cm³/mol. The first-order valence-electron chi connectivity index (χ1n) is 4.73. The Morgan fingerprint density at radius 1 is 1.60 bits per heavy atom. The molecule has 0 spiro atoms. The first-order valence-corrected chi connectivity index (χ1v) is 5.61. The molecule has 0 saturated carbocycles. The fourth-order valence-corrected chi connectivity index (χ4v) is 2.21. The average Bonchev–Trinajstić information content (AvgIpc) is 2.65. The highest BCUT2D eigenvalue weighted by molar-refractivity contribution is 7.07. The number of fused-ring (bicyclic) bond motifs is 1. The smallest absolute Gasteiger partial charge is 0.121 e. The zero-order valence-electron chi connectivity index (χ0n) is 8.68. The van der Waals surface area contributed by atoms with Gasteiger partial charge in [-0.1, -0.05) is 0 Å². The van der Waals surface area contributed by atoms with Crippen LogP contribution >= 0.6 is 23.7 Å². The van der Waals surface area contributed by atoms with Crippen LogP contribution in [0.3, 0.4) is 0 Å². The molecule has 15 heavy (non-hydrogen) atoms. The zero-order chi connectivity index (χ0) is 9.80. The van der Waals surface area contributed by atoms with Crippen molar-refractivity contribution in [3.63, 3.8) is 0 Å². The van der Waals surface area contributed by atoms with Crippen molar-refractivity contribution in [3.05, 3.63) is 21.3 Å². The van der Waals surface area contributed by atoms with Gasteiger partial charge in [-0.3, -0.25) is 4.99 Å². The Morgan fingerprint density at radius 2 is 2.47 bits per heavy atom. The van der Waals surface area contributed by atoms with Crippen LogP contribution < -0.4 is 9.89 Å². The van der Waals surface area contributed by atoms with E-state index in [0.717, 1.165) is 30.9 Å². The Balaban J connectivity index is 0.00000112. The summed E-state index contributed by atoms with van der Waals surface area (Å²) in [5.74, 6) is 0. The summed E-state index contributed by atoms with van der Waals surface area (Å²) in [6.45, 7) is 2.63. The maximum absolute atomic E-state index is 5.02. The largest absolute Gasteiger partial charge is 0.385 e. The highest BCUT2D eigenvalue weighted by Crippen LogP contribution is 1.97. The van der Waals surface area contributed by atoms with Crippen molar-refractivity contribution in [1.29, 1.82) is 0 Å². The van der Waals surface area contributed by atoms with E-state index in [1.807, 2.05) is 0 Å². The normalized spacial score (nSPS) is 13.5. The van der Waals surface area contributed by atoms with Crippen LogP contribution in [0.15, 0.2) is 16.4 Å². The van der Waals surface area contributed by atoms with Crippen molar-refractivity contribution in [2.75, 3.05) is 26.9 Å². The van der Waals surface area contributed by atoms with Gasteiger partial charge in [0.15, 0.2) is 0 Å². The van der Waals surface area contributed by atoms with E-state index < -0.39 is 0 Å². The molecule has 0 amide bonds. The standard InChI is InChI=1S/C10H14N2OS.ClH/c1-13-5-2-4-12-7-9-3-6-14-10(9)11-8-12;/h3,6-7H,2,4-5,8H2,1H3;1H. The number of hydrogen-bond acceptors (Lipinski definition) is 4. The lowest BCUT2D eigenvalue weighted by Gasteiger charge is -2.19. The van der Waals surface area contributed by atoms with Crippen molar-refractivity contribution in [2.45, 2.75) is 6.42 Å². The molecule has 0 N–H and O–H groups in total. The average molecular weight is 247 g/mol. The monoisotopic (exact) mass is 246 g/mol. The molecular weight excluding hydrogens is 232 g/mol. The van der Waals surface area contributed by atoms with Crippen molar-refractivity contribution < 1.29 is 4.74 Å². The van der Waals surface area contributed by atoms with Crippen molar-refractivity contribution in [2.24, 2.45) is 4.99 Å². The number of nitrogens with zero attached hydrogens (tertiary/aromatic N) is 2. The molecular formula is C10H15ClN2OS. The fourth-order valence-electron chi connectivity index (χ4n) is 1.48. The number of ether oxygens (including phenoxy) is 1. The summed E-state index contributed by atoms with van der Waals surface area (Å²) in [5, 5.41) is 3.34. The number of halogens is 1. The van der Waals surface area contributed by atoms with Gasteiger partial charge in [-0.25, -0.2) is 0 Å². The van der Waals surface area contributed by atoms with Crippen LogP contribution in [0.4, 0.5) is 0 Å². The van der Waals surface area contributed by atoms with E-state index in [4.69, 9.17) is 4.74 Å². The molecule has 5 heteroatoms. The second kappa shape index (κ2) is 6.10. The lowest BCUT2D eigenvalue weighted by atomic mass is 10.4. The summed E-state index contributed by atoms with van der Waals surface area (Å²) in [4.78, 5) is 6.72. The molecule has 0 saturated heterocycles. The van der Waals surface area contributed by atoms with E-state index in [2.05, 4.69) is 27.5 Å². The second-order valence-corrected chi connectivity index (χ2v) is 4.16. The molecule has 0 unspecified atom stereocenters. The van der Waals surface area contributed by atoms with Crippen LogP contribution in [0, 0.1) is 0 Å². The van der Waals surface area contributed by atoms with Crippen LogP contribution in [-0.2, 0) is 4.74 Å². The molecule has 0 aliphatic carbocycles. The second-order valence-electron chi connectivity index (χ2n) is 3.27. The van der Waals surface area contributed by atoms with E-state index in [0.29, 0.717) is 0 Å². The van der Waals surface area contributed by atoms with E-state index in [1.165, 1.54) is 5.22 Å². The molecule has 0 atom stereocenters. The first kappa shape index (κ1) is 12.5. The third kappa shape index (κ3) is 3.19. The molecule has 84 valence electrons. The Labute approximate surface area is 99.5 Å². The maximum Gasteiger partial charge on any atom is 0.121 e. The van der Waals surface area contributed by atoms with E-state index in [-0.39, 0.29) is 12.4 Å². The van der Waals surface area contributed by atoms with Gasteiger partial charge in [-0.15, -0.1) is 23.7 Å². The third-order valence-corrected chi connectivity index (χ3v) is 3.05. The molecule has 2 heterocycles. The highest BCUT2D eigenvalue weighted by atomic mass is 35.5. The zero-order valence-corrected chi connectivity index (χ0v) is 10.3. The summed E-state index contributed by atoms with van der Waals surface area (Å²) in [6.07, 6.45) is 3.25. The molecule has 1 aromatic rings. The van der Waals surface area contributed by atoms with Gasteiger partial charge in [0.2, 0.25) is 0 Å². The van der Waals surface area contributed by atoms with Gasteiger partial charge in [0.1, 0.15) is 11.3 Å². The quantitative estimate of drug-likeness (QED) is 0.736. The molecule has 0 fully saturated rings. The molecule has 0 aromatic carbocycles. The molecule has 1 aromatic heterocycles. The van der Waals surface area contributed by atoms with Crippen LogP contribution in [0.5, 0.6) is 0 Å². The summed E-state index contributed by atoms with van der Waals surface area (Å²) < 4.78 is 6.18. The molecule has 2 rings (SSSR count). The van der Waals surface area contributed by atoms with Crippen molar-refractivity contribution in [1.82, 2.24) is 4.90 Å². The first-order chi connectivity index (χ1) is 6.90. The summed E-state index contributed by atoms with van der Waals surface area (Å²) >= 11 is 1.71. The van der Waals surface area contributed by atoms with Gasteiger partial charge in [0.25, 0.3) is 0 Å².